The maximum absolute atomic E-state index is 5.87. The molecule has 2 aromatic rings. The van der Waals surface area contributed by atoms with E-state index in [9.17, 15) is 0 Å². The zero-order chi connectivity index (χ0) is 15.1. The van der Waals surface area contributed by atoms with E-state index in [0.717, 1.165) is 35.2 Å². The maximum atomic E-state index is 5.87. The van der Waals surface area contributed by atoms with Crippen molar-refractivity contribution in [3.8, 4) is 11.5 Å². The van der Waals surface area contributed by atoms with E-state index in [1.165, 1.54) is 5.56 Å². The highest BCUT2D eigenvalue weighted by Crippen LogP contribution is 2.29. The van der Waals surface area contributed by atoms with Crippen molar-refractivity contribution >= 4 is 11.6 Å². The molecule has 0 unspecified atom stereocenters. The Kier molecular flexibility index (Phi) is 5.90. The molecule has 0 saturated carbocycles. The van der Waals surface area contributed by atoms with Gasteiger partial charge in [-0.25, -0.2) is 0 Å². The zero-order valence-corrected chi connectivity index (χ0v) is 13.1. The summed E-state index contributed by atoms with van der Waals surface area (Å²) < 4.78 is 11.2. The summed E-state index contributed by atoms with van der Waals surface area (Å²) in [5.41, 5.74) is 2.24. The van der Waals surface area contributed by atoms with Crippen molar-refractivity contribution in [2.45, 2.75) is 20.1 Å². The Balaban J connectivity index is 2.03. The fourth-order valence-electron chi connectivity index (χ4n) is 1.95. The minimum absolute atomic E-state index is 0.486. The van der Waals surface area contributed by atoms with Crippen molar-refractivity contribution in [3.05, 3.63) is 58.6 Å². The molecule has 0 saturated heterocycles. The van der Waals surface area contributed by atoms with Gasteiger partial charge in [0.25, 0.3) is 0 Å². The van der Waals surface area contributed by atoms with Crippen LogP contribution in [0.3, 0.4) is 0 Å². The number of hydrogen-bond donors (Lipinski definition) is 1. The smallest absolute Gasteiger partial charge is 0.161 e. The normalized spacial score (nSPS) is 10.4. The van der Waals surface area contributed by atoms with Crippen molar-refractivity contribution in [1.82, 2.24) is 5.32 Å². The molecular formula is C17H20ClNO2. The molecule has 21 heavy (non-hydrogen) atoms. The fraction of sp³-hybridized carbons (Fsp3) is 0.294. The van der Waals surface area contributed by atoms with Gasteiger partial charge < -0.3 is 14.8 Å². The van der Waals surface area contributed by atoms with Crippen molar-refractivity contribution < 1.29 is 9.47 Å². The van der Waals surface area contributed by atoms with Crippen LogP contribution in [0.4, 0.5) is 0 Å². The van der Waals surface area contributed by atoms with E-state index in [1.54, 1.807) is 7.11 Å². The summed E-state index contributed by atoms with van der Waals surface area (Å²) in [6, 6.07) is 13.6. The van der Waals surface area contributed by atoms with Crippen LogP contribution in [0.15, 0.2) is 42.5 Å². The SMILES string of the molecule is CCNCc1ccc(OCc2ccc(Cl)cc2)c(OC)c1. The van der Waals surface area contributed by atoms with Crippen LogP contribution < -0.4 is 14.8 Å². The van der Waals surface area contributed by atoms with E-state index in [1.807, 2.05) is 42.5 Å². The van der Waals surface area contributed by atoms with Crippen molar-refractivity contribution in [2.75, 3.05) is 13.7 Å². The molecule has 0 atom stereocenters. The van der Waals surface area contributed by atoms with E-state index in [0.29, 0.717) is 6.61 Å². The summed E-state index contributed by atoms with van der Waals surface area (Å²) >= 11 is 5.87. The van der Waals surface area contributed by atoms with E-state index < -0.39 is 0 Å². The molecule has 0 spiro atoms. The quantitative estimate of drug-likeness (QED) is 0.837. The van der Waals surface area contributed by atoms with E-state index in [4.69, 9.17) is 21.1 Å². The van der Waals surface area contributed by atoms with Gasteiger partial charge in [-0.1, -0.05) is 36.7 Å². The number of halogens is 1. The molecule has 0 radical (unpaired) electrons. The van der Waals surface area contributed by atoms with Crippen LogP contribution in [0.1, 0.15) is 18.1 Å². The Hall–Kier alpha value is -1.71. The molecule has 0 aliphatic heterocycles. The first-order valence-electron chi connectivity index (χ1n) is 6.97. The topological polar surface area (TPSA) is 30.5 Å². The second-order valence-corrected chi connectivity index (χ2v) is 5.12. The lowest BCUT2D eigenvalue weighted by molar-refractivity contribution is 0.284. The molecule has 3 nitrogen and oxygen atoms in total. The fourth-order valence-corrected chi connectivity index (χ4v) is 2.08. The van der Waals surface area contributed by atoms with Crippen LogP contribution >= 0.6 is 11.6 Å². The second kappa shape index (κ2) is 7.91. The largest absolute Gasteiger partial charge is 0.493 e. The maximum Gasteiger partial charge on any atom is 0.161 e. The average molecular weight is 306 g/mol. The van der Waals surface area contributed by atoms with Crippen LogP contribution in [-0.2, 0) is 13.2 Å². The molecule has 1 N–H and O–H groups in total. The van der Waals surface area contributed by atoms with Gasteiger partial charge in [0, 0.05) is 11.6 Å². The van der Waals surface area contributed by atoms with Gasteiger partial charge in [-0.05, 0) is 41.9 Å². The summed E-state index contributed by atoms with van der Waals surface area (Å²) in [5.74, 6) is 1.49. The highest BCUT2D eigenvalue weighted by molar-refractivity contribution is 6.30. The van der Waals surface area contributed by atoms with E-state index in [-0.39, 0.29) is 0 Å². The molecule has 0 aromatic heterocycles. The number of nitrogens with one attached hydrogen (secondary N) is 1. The first-order chi connectivity index (χ1) is 10.2. The number of rotatable bonds is 7. The molecule has 0 heterocycles. The number of methoxy groups -OCH3 is 1. The summed E-state index contributed by atoms with van der Waals surface area (Å²) in [7, 11) is 1.65. The van der Waals surface area contributed by atoms with Gasteiger partial charge in [-0.3, -0.25) is 0 Å². The minimum Gasteiger partial charge on any atom is -0.493 e. The van der Waals surface area contributed by atoms with E-state index in [2.05, 4.69) is 12.2 Å². The Bertz CT molecular complexity index is 570. The predicted octanol–water partition coefficient (Wildman–Crippen LogP) is 4.04. The van der Waals surface area contributed by atoms with Gasteiger partial charge in [0.15, 0.2) is 11.5 Å². The molecule has 0 aliphatic rings. The van der Waals surface area contributed by atoms with Crippen LogP contribution in [0.2, 0.25) is 5.02 Å². The lowest BCUT2D eigenvalue weighted by atomic mass is 10.2. The zero-order valence-electron chi connectivity index (χ0n) is 12.4. The molecule has 0 bridgehead atoms. The van der Waals surface area contributed by atoms with Gasteiger partial charge in [0.2, 0.25) is 0 Å². The van der Waals surface area contributed by atoms with Gasteiger partial charge in [-0.15, -0.1) is 0 Å². The van der Waals surface area contributed by atoms with Gasteiger partial charge in [0.1, 0.15) is 6.61 Å². The summed E-state index contributed by atoms with van der Waals surface area (Å²) in [6.45, 7) is 4.34. The average Bonchev–Trinajstić information content (AvgIpc) is 2.52. The standard InChI is InChI=1S/C17H20ClNO2/c1-3-19-11-14-6-9-16(17(10-14)20-2)21-12-13-4-7-15(18)8-5-13/h4-10,19H,3,11-12H2,1-2H3. The molecule has 0 fully saturated rings. The summed E-state index contributed by atoms with van der Waals surface area (Å²) in [4.78, 5) is 0. The third-order valence-corrected chi connectivity index (χ3v) is 3.37. The Morgan fingerprint density at radius 2 is 1.71 bits per heavy atom. The van der Waals surface area contributed by atoms with E-state index >= 15 is 0 Å². The Labute approximate surface area is 130 Å². The molecule has 0 amide bonds. The van der Waals surface area contributed by atoms with Crippen LogP contribution in [0.25, 0.3) is 0 Å². The Morgan fingerprint density at radius 3 is 2.38 bits per heavy atom. The van der Waals surface area contributed by atoms with Crippen molar-refractivity contribution in [1.29, 1.82) is 0 Å². The predicted molar refractivity (Wildman–Crippen MR) is 86.2 cm³/mol. The summed E-state index contributed by atoms with van der Waals surface area (Å²) in [6.07, 6.45) is 0. The first kappa shape index (κ1) is 15.7. The Morgan fingerprint density at radius 1 is 1.00 bits per heavy atom. The van der Waals surface area contributed by atoms with Crippen molar-refractivity contribution in [2.24, 2.45) is 0 Å². The van der Waals surface area contributed by atoms with Crippen molar-refractivity contribution in [3.63, 3.8) is 0 Å². The third kappa shape index (κ3) is 4.66. The van der Waals surface area contributed by atoms with Crippen LogP contribution in [0.5, 0.6) is 11.5 Å². The monoisotopic (exact) mass is 305 g/mol. The number of ether oxygens (including phenoxy) is 2. The van der Waals surface area contributed by atoms with Gasteiger partial charge in [-0.2, -0.15) is 0 Å². The van der Waals surface area contributed by atoms with Gasteiger partial charge >= 0.3 is 0 Å². The molecular weight excluding hydrogens is 286 g/mol. The molecule has 112 valence electrons. The highest BCUT2D eigenvalue weighted by atomic mass is 35.5. The molecule has 2 aromatic carbocycles. The molecule has 2 rings (SSSR count). The van der Waals surface area contributed by atoms with Gasteiger partial charge in [0.05, 0.1) is 7.11 Å². The lowest BCUT2D eigenvalue weighted by Crippen LogP contribution is -2.11. The minimum atomic E-state index is 0.486. The lowest BCUT2D eigenvalue weighted by Gasteiger charge is -2.12. The van der Waals surface area contributed by atoms with Crippen LogP contribution in [-0.4, -0.2) is 13.7 Å². The summed E-state index contributed by atoms with van der Waals surface area (Å²) in [5, 5.41) is 4.02. The second-order valence-electron chi connectivity index (χ2n) is 4.68. The number of hydrogen-bond acceptors (Lipinski definition) is 3. The third-order valence-electron chi connectivity index (χ3n) is 3.11. The van der Waals surface area contributed by atoms with Crippen LogP contribution in [0, 0.1) is 0 Å². The first-order valence-corrected chi connectivity index (χ1v) is 7.35. The highest BCUT2D eigenvalue weighted by Gasteiger charge is 2.06. The molecule has 0 aliphatic carbocycles. The number of benzene rings is 2. The molecule has 4 heteroatoms.